The van der Waals surface area contributed by atoms with Crippen LogP contribution in [0.2, 0.25) is 0 Å². The summed E-state index contributed by atoms with van der Waals surface area (Å²) in [6.45, 7) is 3.91. The highest BCUT2D eigenvalue weighted by Gasteiger charge is 2.43. The van der Waals surface area contributed by atoms with Crippen LogP contribution < -0.4 is 15.5 Å². The quantitative estimate of drug-likeness (QED) is 0.368. The summed E-state index contributed by atoms with van der Waals surface area (Å²) in [5.41, 5.74) is 2.87. The van der Waals surface area contributed by atoms with Gasteiger partial charge in [-0.3, -0.25) is 4.99 Å². The third-order valence-electron chi connectivity index (χ3n) is 5.76. The molecular weight excluding hydrogens is 461 g/mol. The van der Waals surface area contributed by atoms with E-state index in [2.05, 4.69) is 68.0 Å². The molecule has 2 aromatic rings. The van der Waals surface area contributed by atoms with Crippen molar-refractivity contribution in [1.82, 2.24) is 15.6 Å². The van der Waals surface area contributed by atoms with Gasteiger partial charge in [0.1, 0.15) is 5.82 Å². The number of anilines is 1. The minimum Gasteiger partial charge on any atom is -0.357 e. The fourth-order valence-corrected chi connectivity index (χ4v) is 3.82. The topological polar surface area (TPSA) is 52.6 Å². The van der Waals surface area contributed by atoms with Crippen molar-refractivity contribution in [1.29, 1.82) is 0 Å². The molecule has 150 valence electrons. The van der Waals surface area contributed by atoms with E-state index >= 15 is 0 Å². The number of aromatic nitrogens is 1. The summed E-state index contributed by atoms with van der Waals surface area (Å²) < 4.78 is 0. The van der Waals surface area contributed by atoms with Gasteiger partial charge < -0.3 is 15.5 Å². The van der Waals surface area contributed by atoms with Crippen molar-refractivity contribution in [3.05, 3.63) is 59.8 Å². The predicted molar refractivity (Wildman–Crippen MR) is 127 cm³/mol. The molecule has 2 N–H and O–H groups in total. The van der Waals surface area contributed by atoms with Gasteiger partial charge in [-0.05, 0) is 42.9 Å². The van der Waals surface area contributed by atoms with Gasteiger partial charge in [0.05, 0.1) is 0 Å². The first-order valence-corrected chi connectivity index (χ1v) is 9.99. The van der Waals surface area contributed by atoms with Crippen molar-refractivity contribution >= 4 is 35.8 Å². The highest BCUT2D eigenvalue weighted by molar-refractivity contribution is 14.0. The Morgan fingerprint density at radius 3 is 2.43 bits per heavy atom. The van der Waals surface area contributed by atoms with Crippen LogP contribution in [0.25, 0.3) is 0 Å². The van der Waals surface area contributed by atoms with E-state index in [0.717, 1.165) is 38.0 Å². The zero-order chi connectivity index (χ0) is 18.5. The summed E-state index contributed by atoms with van der Waals surface area (Å²) in [6, 6.07) is 15.1. The van der Waals surface area contributed by atoms with Crippen molar-refractivity contribution in [2.45, 2.75) is 37.6 Å². The summed E-state index contributed by atoms with van der Waals surface area (Å²) in [5.74, 6) is 1.94. The van der Waals surface area contributed by atoms with E-state index in [4.69, 9.17) is 0 Å². The molecule has 1 saturated heterocycles. The largest absolute Gasteiger partial charge is 0.357 e. The molecule has 0 radical (unpaired) electrons. The van der Waals surface area contributed by atoms with Crippen LogP contribution in [0.1, 0.15) is 36.8 Å². The third-order valence-corrected chi connectivity index (χ3v) is 5.76. The zero-order valence-corrected chi connectivity index (χ0v) is 18.9. The van der Waals surface area contributed by atoms with Crippen molar-refractivity contribution in [3.8, 4) is 0 Å². The zero-order valence-electron chi connectivity index (χ0n) is 16.5. The van der Waals surface area contributed by atoms with Gasteiger partial charge in [-0.25, -0.2) is 4.98 Å². The Labute approximate surface area is 185 Å². The Morgan fingerprint density at radius 1 is 1.07 bits per heavy atom. The summed E-state index contributed by atoms with van der Waals surface area (Å²) >= 11 is 0. The van der Waals surface area contributed by atoms with Gasteiger partial charge in [-0.2, -0.15) is 0 Å². The van der Waals surface area contributed by atoms with Crippen molar-refractivity contribution in [3.63, 3.8) is 0 Å². The van der Waals surface area contributed by atoms with Gasteiger partial charge in [-0.15, -0.1) is 24.0 Å². The van der Waals surface area contributed by atoms with E-state index < -0.39 is 0 Å². The lowest BCUT2D eigenvalue weighted by Gasteiger charge is -2.19. The molecular formula is C22H30IN5. The highest BCUT2D eigenvalue weighted by atomic mass is 127. The SMILES string of the molecule is CN=C(NCc1ccc(N2CCCC2)nc1)NCC1(c2ccccc2)CC1.I. The molecule has 28 heavy (non-hydrogen) atoms. The van der Waals surface area contributed by atoms with Crippen LogP contribution in [0.4, 0.5) is 5.82 Å². The first-order valence-electron chi connectivity index (χ1n) is 9.99. The van der Waals surface area contributed by atoms with Crippen LogP contribution in [-0.4, -0.2) is 37.6 Å². The van der Waals surface area contributed by atoms with E-state index in [1.54, 1.807) is 0 Å². The second kappa shape index (κ2) is 9.58. The van der Waals surface area contributed by atoms with E-state index in [-0.39, 0.29) is 29.4 Å². The smallest absolute Gasteiger partial charge is 0.191 e. The molecule has 1 aliphatic carbocycles. The molecule has 1 aromatic heterocycles. The van der Waals surface area contributed by atoms with Crippen molar-refractivity contribution in [2.24, 2.45) is 4.99 Å². The normalized spacial score (nSPS) is 17.8. The monoisotopic (exact) mass is 491 g/mol. The maximum Gasteiger partial charge on any atom is 0.191 e. The maximum atomic E-state index is 4.63. The number of hydrogen-bond donors (Lipinski definition) is 2. The van der Waals surface area contributed by atoms with Crippen molar-refractivity contribution < 1.29 is 0 Å². The number of benzene rings is 1. The maximum absolute atomic E-state index is 4.63. The second-order valence-corrected chi connectivity index (χ2v) is 7.64. The van der Waals surface area contributed by atoms with Crippen LogP contribution in [0.3, 0.4) is 0 Å². The lowest BCUT2D eigenvalue weighted by molar-refractivity contribution is 0.645. The Bertz CT molecular complexity index is 765. The minimum atomic E-state index is 0. The molecule has 0 atom stereocenters. The first kappa shape index (κ1) is 20.9. The fourth-order valence-electron chi connectivity index (χ4n) is 3.82. The first-order chi connectivity index (χ1) is 13.3. The van der Waals surface area contributed by atoms with Gasteiger partial charge in [0.2, 0.25) is 0 Å². The van der Waals surface area contributed by atoms with Crippen LogP contribution in [0, 0.1) is 0 Å². The standard InChI is InChI=1S/C22H29N5.HI/c1-23-21(26-17-22(11-12-22)19-7-3-2-4-8-19)25-16-18-9-10-20(24-15-18)27-13-5-6-14-27;/h2-4,7-10,15H,5-6,11-14,16-17H2,1H3,(H2,23,25,26);1H. The number of guanidine groups is 1. The van der Waals surface area contributed by atoms with E-state index in [1.807, 2.05) is 13.2 Å². The molecule has 1 aliphatic heterocycles. The Balaban J connectivity index is 0.00000225. The van der Waals surface area contributed by atoms with E-state index in [1.165, 1.54) is 36.8 Å². The number of aliphatic imine (C=N–C) groups is 1. The molecule has 6 heteroatoms. The molecule has 0 bridgehead atoms. The van der Waals surface area contributed by atoms with Gasteiger partial charge in [0.15, 0.2) is 5.96 Å². The predicted octanol–water partition coefficient (Wildman–Crippen LogP) is 3.70. The summed E-state index contributed by atoms with van der Waals surface area (Å²) in [7, 11) is 1.83. The highest BCUT2D eigenvalue weighted by Crippen LogP contribution is 2.47. The average molecular weight is 491 g/mol. The number of halogens is 1. The molecule has 0 spiro atoms. The average Bonchev–Trinajstić information content (AvgIpc) is 3.32. The number of nitrogens with one attached hydrogen (secondary N) is 2. The molecule has 0 unspecified atom stereocenters. The Hall–Kier alpha value is -1.83. The van der Waals surface area contributed by atoms with Gasteiger partial charge in [-0.1, -0.05) is 36.4 Å². The third kappa shape index (κ3) is 4.96. The molecule has 0 amide bonds. The van der Waals surface area contributed by atoms with Crippen LogP contribution in [0.5, 0.6) is 0 Å². The van der Waals surface area contributed by atoms with E-state index in [0.29, 0.717) is 0 Å². The van der Waals surface area contributed by atoms with Crippen LogP contribution >= 0.6 is 24.0 Å². The molecule has 5 nitrogen and oxygen atoms in total. The number of rotatable bonds is 6. The Morgan fingerprint density at radius 2 is 1.82 bits per heavy atom. The Kier molecular flexibility index (Phi) is 7.15. The fraction of sp³-hybridized carbons (Fsp3) is 0.455. The van der Waals surface area contributed by atoms with E-state index in [9.17, 15) is 0 Å². The minimum absolute atomic E-state index is 0. The lowest BCUT2D eigenvalue weighted by Crippen LogP contribution is -2.40. The molecule has 4 rings (SSSR count). The molecule has 1 aromatic carbocycles. The number of hydrogen-bond acceptors (Lipinski definition) is 3. The lowest BCUT2D eigenvalue weighted by atomic mass is 9.96. The van der Waals surface area contributed by atoms with Gasteiger partial charge in [0, 0.05) is 44.8 Å². The van der Waals surface area contributed by atoms with Crippen LogP contribution in [-0.2, 0) is 12.0 Å². The molecule has 2 fully saturated rings. The number of nitrogens with zero attached hydrogens (tertiary/aromatic N) is 3. The van der Waals surface area contributed by atoms with Crippen LogP contribution in [0.15, 0.2) is 53.7 Å². The van der Waals surface area contributed by atoms with Crippen molar-refractivity contribution in [2.75, 3.05) is 31.6 Å². The molecule has 2 heterocycles. The summed E-state index contributed by atoms with van der Waals surface area (Å²) in [5, 5.41) is 6.92. The number of pyridine rings is 1. The van der Waals surface area contributed by atoms with Gasteiger partial charge >= 0.3 is 0 Å². The molecule has 1 saturated carbocycles. The second-order valence-electron chi connectivity index (χ2n) is 7.64. The summed E-state index contributed by atoms with van der Waals surface area (Å²) in [4.78, 5) is 11.4. The van der Waals surface area contributed by atoms with Gasteiger partial charge in [0.25, 0.3) is 0 Å². The summed E-state index contributed by atoms with van der Waals surface area (Å²) in [6.07, 6.45) is 7.00. The molecule has 2 aliphatic rings.